The molecule has 2 rings (SSSR count). The third kappa shape index (κ3) is 3.35. The van der Waals surface area contributed by atoms with Gasteiger partial charge in [-0.3, -0.25) is 4.79 Å². The Morgan fingerprint density at radius 2 is 2.05 bits per heavy atom. The zero-order chi connectivity index (χ0) is 14.2. The van der Waals surface area contributed by atoms with Crippen LogP contribution in [0.4, 0.5) is 0 Å². The first-order valence-corrected chi connectivity index (χ1v) is 8.20. The van der Waals surface area contributed by atoms with Crippen molar-refractivity contribution in [1.29, 1.82) is 0 Å². The summed E-state index contributed by atoms with van der Waals surface area (Å²) in [5.74, 6) is -0.367. The Hall–Kier alpha value is -1.36. The quantitative estimate of drug-likeness (QED) is 0.900. The third-order valence-corrected chi connectivity index (χ3v) is 4.76. The summed E-state index contributed by atoms with van der Waals surface area (Å²) in [5, 5.41) is 9.00. The average molecular weight is 282 g/mol. The first-order valence-electron chi connectivity index (χ1n) is 6.31. The molecule has 0 saturated heterocycles. The van der Waals surface area contributed by atoms with Crippen LogP contribution in [0.15, 0.2) is 23.1 Å². The molecule has 0 bridgehead atoms. The lowest BCUT2D eigenvalue weighted by atomic mass is 9.88. The van der Waals surface area contributed by atoms with Crippen LogP contribution < -0.4 is 0 Å². The minimum Gasteiger partial charge on any atom is -0.481 e. The van der Waals surface area contributed by atoms with Gasteiger partial charge in [-0.15, -0.1) is 0 Å². The molecule has 104 valence electrons. The molecule has 0 aromatic heterocycles. The molecule has 0 radical (unpaired) electrons. The molecule has 0 aliphatic heterocycles. The largest absolute Gasteiger partial charge is 0.481 e. The Morgan fingerprint density at radius 1 is 1.42 bits per heavy atom. The summed E-state index contributed by atoms with van der Waals surface area (Å²) < 4.78 is 23.0. The topological polar surface area (TPSA) is 71.4 Å². The Bertz CT molecular complexity index is 600. The summed E-state index contributed by atoms with van der Waals surface area (Å²) in [6, 6.07) is 4.99. The summed E-state index contributed by atoms with van der Waals surface area (Å²) in [7, 11) is -3.21. The van der Waals surface area contributed by atoms with Gasteiger partial charge < -0.3 is 5.11 Å². The van der Waals surface area contributed by atoms with E-state index in [4.69, 9.17) is 5.11 Å². The first kappa shape index (κ1) is 14.1. The second kappa shape index (κ2) is 4.96. The lowest BCUT2D eigenvalue weighted by Crippen LogP contribution is -2.10. The fourth-order valence-corrected chi connectivity index (χ4v) is 3.22. The van der Waals surface area contributed by atoms with Crippen molar-refractivity contribution >= 4 is 15.8 Å². The maximum atomic E-state index is 11.5. The van der Waals surface area contributed by atoms with Crippen LogP contribution in [0.3, 0.4) is 0 Å². The smallest absolute Gasteiger partial charge is 0.303 e. The van der Waals surface area contributed by atoms with Gasteiger partial charge in [-0.25, -0.2) is 8.42 Å². The Morgan fingerprint density at radius 3 is 2.47 bits per heavy atom. The van der Waals surface area contributed by atoms with Gasteiger partial charge in [0.15, 0.2) is 9.84 Å². The molecule has 1 fully saturated rings. The maximum absolute atomic E-state index is 11.5. The molecule has 5 heteroatoms. The third-order valence-electron chi connectivity index (χ3n) is 3.65. The van der Waals surface area contributed by atoms with Crippen LogP contribution in [0.5, 0.6) is 0 Å². The van der Waals surface area contributed by atoms with Gasteiger partial charge in [0.1, 0.15) is 0 Å². The second-order valence-electron chi connectivity index (χ2n) is 5.33. The fraction of sp³-hybridized carbons (Fsp3) is 0.500. The number of aliphatic carboxylic acids is 1. The van der Waals surface area contributed by atoms with Crippen molar-refractivity contribution in [3.8, 4) is 0 Å². The molecule has 1 aromatic carbocycles. The molecule has 1 N–H and O–H groups in total. The van der Waals surface area contributed by atoms with Crippen molar-refractivity contribution < 1.29 is 18.3 Å². The highest BCUT2D eigenvalue weighted by Gasteiger charge is 2.34. The first-order chi connectivity index (χ1) is 8.79. The van der Waals surface area contributed by atoms with E-state index in [1.807, 2.05) is 6.92 Å². The molecule has 1 saturated carbocycles. The molecule has 0 spiro atoms. The Labute approximate surface area is 113 Å². The van der Waals surface area contributed by atoms with Gasteiger partial charge in [0.05, 0.1) is 11.3 Å². The van der Waals surface area contributed by atoms with Gasteiger partial charge in [0.25, 0.3) is 0 Å². The standard InChI is InChI=1S/C14H18O4S/c1-9-7-11(19(2,17)18)5-6-12(9)13(8-14(15)16)10-3-4-10/h5-7,10,13H,3-4,8H2,1-2H3,(H,15,16). The summed E-state index contributed by atoms with van der Waals surface area (Å²) in [4.78, 5) is 11.2. The zero-order valence-electron chi connectivity index (χ0n) is 11.1. The highest BCUT2D eigenvalue weighted by molar-refractivity contribution is 7.90. The van der Waals surface area contributed by atoms with Gasteiger partial charge >= 0.3 is 5.97 Å². The zero-order valence-corrected chi connectivity index (χ0v) is 11.9. The normalized spacial score (nSPS) is 17.2. The number of sulfone groups is 1. The number of rotatable bonds is 5. The molecular formula is C14H18O4S. The Kier molecular flexibility index (Phi) is 3.67. The molecule has 19 heavy (non-hydrogen) atoms. The van der Waals surface area contributed by atoms with Gasteiger partial charge in [0.2, 0.25) is 0 Å². The van der Waals surface area contributed by atoms with Gasteiger partial charge in [0, 0.05) is 6.26 Å². The molecule has 0 amide bonds. The lowest BCUT2D eigenvalue weighted by molar-refractivity contribution is -0.137. The molecule has 1 aliphatic rings. The molecule has 0 heterocycles. The minimum atomic E-state index is -3.21. The predicted molar refractivity (Wildman–Crippen MR) is 72.0 cm³/mol. The Balaban J connectivity index is 2.36. The van der Waals surface area contributed by atoms with Crippen LogP contribution in [-0.2, 0) is 14.6 Å². The molecular weight excluding hydrogens is 264 g/mol. The number of hydrogen-bond donors (Lipinski definition) is 1. The summed E-state index contributed by atoms with van der Waals surface area (Å²) in [6.45, 7) is 1.85. The number of carboxylic acids is 1. The van der Waals surface area contributed by atoms with Crippen molar-refractivity contribution in [3.63, 3.8) is 0 Å². The average Bonchev–Trinajstić information content (AvgIpc) is 3.08. The predicted octanol–water partition coefficient (Wildman–Crippen LogP) is 2.37. The van der Waals surface area contributed by atoms with Crippen LogP contribution in [0.2, 0.25) is 0 Å². The molecule has 4 nitrogen and oxygen atoms in total. The van der Waals surface area contributed by atoms with Crippen LogP contribution >= 0.6 is 0 Å². The van der Waals surface area contributed by atoms with Crippen LogP contribution in [-0.4, -0.2) is 25.7 Å². The SMILES string of the molecule is Cc1cc(S(C)(=O)=O)ccc1C(CC(=O)O)C1CC1. The monoisotopic (exact) mass is 282 g/mol. The lowest BCUT2D eigenvalue weighted by Gasteiger charge is -2.17. The minimum absolute atomic E-state index is 0.00566. The van der Waals surface area contributed by atoms with E-state index in [2.05, 4.69) is 0 Å². The van der Waals surface area contributed by atoms with Crippen molar-refractivity contribution in [2.24, 2.45) is 5.92 Å². The molecule has 1 unspecified atom stereocenters. The molecule has 1 aromatic rings. The summed E-state index contributed by atoms with van der Waals surface area (Å²) in [6.07, 6.45) is 3.41. The molecule has 1 aliphatic carbocycles. The van der Waals surface area contributed by atoms with Gasteiger partial charge in [-0.05, 0) is 54.9 Å². The number of hydrogen-bond acceptors (Lipinski definition) is 3. The summed E-state index contributed by atoms with van der Waals surface area (Å²) in [5.41, 5.74) is 1.83. The number of carbonyl (C=O) groups is 1. The highest BCUT2D eigenvalue weighted by Crippen LogP contribution is 2.45. The van der Waals surface area contributed by atoms with Gasteiger partial charge in [-0.1, -0.05) is 6.07 Å². The van der Waals surface area contributed by atoms with E-state index >= 15 is 0 Å². The highest BCUT2D eigenvalue weighted by atomic mass is 32.2. The van der Waals surface area contributed by atoms with E-state index in [1.165, 1.54) is 6.26 Å². The summed E-state index contributed by atoms with van der Waals surface area (Å²) >= 11 is 0. The van der Waals surface area contributed by atoms with Crippen molar-refractivity contribution in [2.45, 2.75) is 37.0 Å². The van der Waals surface area contributed by atoms with Gasteiger partial charge in [-0.2, -0.15) is 0 Å². The number of aryl methyl sites for hydroxylation is 1. The van der Waals surface area contributed by atoms with Crippen molar-refractivity contribution in [1.82, 2.24) is 0 Å². The van der Waals surface area contributed by atoms with E-state index in [1.54, 1.807) is 18.2 Å². The maximum Gasteiger partial charge on any atom is 0.303 e. The van der Waals surface area contributed by atoms with E-state index < -0.39 is 15.8 Å². The van der Waals surface area contributed by atoms with E-state index in [-0.39, 0.29) is 12.3 Å². The van der Waals surface area contributed by atoms with E-state index in [0.717, 1.165) is 24.0 Å². The number of carboxylic acid groups (broad SMARTS) is 1. The second-order valence-corrected chi connectivity index (χ2v) is 7.35. The van der Waals surface area contributed by atoms with E-state index in [9.17, 15) is 13.2 Å². The number of benzene rings is 1. The van der Waals surface area contributed by atoms with Crippen LogP contribution in [0, 0.1) is 12.8 Å². The van der Waals surface area contributed by atoms with Crippen molar-refractivity contribution in [2.75, 3.05) is 6.26 Å². The fourth-order valence-electron chi connectivity index (χ4n) is 2.51. The van der Waals surface area contributed by atoms with E-state index in [0.29, 0.717) is 10.8 Å². The van der Waals surface area contributed by atoms with Crippen molar-refractivity contribution in [3.05, 3.63) is 29.3 Å². The van der Waals surface area contributed by atoms with Crippen LogP contribution in [0.25, 0.3) is 0 Å². The van der Waals surface area contributed by atoms with Crippen LogP contribution in [0.1, 0.15) is 36.3 Å². The molecule has 1 atom stereocenters.